The molecule has 0 saturated carbocycles. The van der Waals surface area contributed by atoms with Gasteiger partial charge in [-0.2, -0.15) is 0 Å². The standard InChI is InChI=1S/C15H28N2O3/c1-5-6-7-13(14(18)19)16-15(20)17-9-10(2)8-11(3)12(17)4/h10-13H,5-9H2,1-4H3,(H,16,20)(H,18,19)/t10?,11?,12?,13-/m0/s1. The molecule has 1 aliphatic heterocycles. The summed E-state index contributed by atoms with van der Waals surface area (Å²) in [4.78, 5) is 25.3. The van der Waals surface area contributed by atoms with Gasteiger partial charge in [-0.05, 0) is 31.6 Å². The number of urea groups is 1. The number of aliphatic carboxylic acids is 1. The number of amides is 2. The van der Waals surface area contributed by atoms with Crippen molar-refractivity contribution in [1.82, 2.24) is 10.2 Å². The summed E-state index contributed by atoms with van der Waals surface area (Å²) in [5, 5.41) is 11.9. The van der Waals surface area contributed by atoms with Crippen molar-refractivity contribution in [3.63, 3.8) is 0 Å². The molecule has 2 amide bonds. The summed E-state index contributed by atoms with van der Waals surface area (Å²) < 4.78 is 0. The summed E-state index contributed by atoms with van der Waals surface area (Å²) in [6.45, 7) is 9.03. The number of piperidine rings is 1. The van der Waals surface area contributed by atoms with Crippen LogP contribution in [0, 0.1) is 11.8 Å². The minimum atomic E-state index is -0.947. The Bertz CT molecular complexity index is 346. The quantitative estimate of drug-likeness (QED) is 0.815. The maximum Gasteiger partial charge on any atom is 0.326 e. The number of carbonyl (C=O) groups excluding carboxylic acids is 1. The number of rotatable bonds is 5. The van der Waals surface area contributed by atoms with Crippen molar-refractivity contribution >= 4 is 12.0 Å². The Labute approximate surface area is 121 Å². The van der Waals surface area contributed by atoms with Crippen LogP contribution in [0.25, 0.3) is 0 Å². The van der Waals surface area contributed by atoms with Crippen molar-refractivity contribution in [2.24, 2.45) is 11.8 Å². The second-order valence-electron chi connectivity index (χ2n) is 6.19. The van der Waals surface area contributed by atoms with Gasteiger partial charge in [0.05, 0.1) is 0 Å². The molecule has 1 aliphatic rings. The Morgan fingerprint density at radius 2 is 2.00 bits per heavy atom. The zero-order chi connectivity index (χ0) is 15.3. The van der Waals surface area contributed by atoms with Crippen LogP contribution in [0.4, 0.5) is 4.79 Å². The first kappa shape index (κ1) is 16.8. The molecule has 5 nitrogen and oxygen atoms in total. The van der Waals surface area contributed by atoms with Gasteiger partial charge >= 0.3 is 12.0 Å². The number of carbonyl (C=O) groups is 2. The lowest BCUT2D eigenvalue weighted by Crippen LogP contribution is -2.55. The summed E-state index contributed by atoms with van der Waals surface area (Å²) in [6.07, 6.45) is 3.33. The molecule has 0 aromatic heterocycles. The first-order chi connectivity index (χ1) is 9.36. The van der Waals surface area contributed by atoms with E-state index in [1.54, 1.807) is 4.90 Å². The maximum absolute atomic E-state index is 12.3. The van der Waals surface area contributed by atoms with E-state index < -0.39 is 12.0 Å². The molecule has 1 rings (SSSR count). The van der Waals surface area contributed by atoms with E-state index in [2.05, 4.69) is 19.2 Å². The number of nitrogens with one attached hydrogen (secondary N) is 1. The fraction of sp³-hybridized carbons (Fsp3) is 0.867. The lowest BCUT2D eigenvalue weighted by molar-refractivity contribution is -0.139. The third-order valence-electron chi connectivity index (χ3n) is 4.30. The molecule has 20 heavy (non-hydrogen) atoms. The molecule has 0 radical (unpaired) electrons. The van der Waals surface area contributed by atoms with Gasteiger partial charge in [0.1, 0.15) is 6.04 Å². The Balaban J connectivity index is 2.65. The molecule has 3 unspecified atom stereocenters. The van der Waals surface area contributed by atoms with Crippen molar-refractivity contribution < 1.29 is 14.7 Å². The fourth-order valence-corrected chi connectivity index (χ4v) is 2.88. The highest BCUT2D eigenvalue weighted by Gasteiger charge is 2.33. The first-order valence-electron chi connectivity index (χ1n) is 7.66. The monoisotopic (exact) mass is 284 g/mol. The summed E-state index contributed by atoms with van der Waals surface area (Å²) in [7, 11) is 0. The number of unbranched alkanes of at least 4 members (excludes halogenated alkanes) is 1. The summed E-state index contributed by atoms with van der Waals surface area (Å²) in [5.41, 5.74) is 0. The number of nitrogens with zero attached hydrogens (tertiary/aromatic N) is 1. The predicted octanol–water partition coefficient (Wildman–Crippen LogP) is 2.71. The van der Waals surface area contributed by atoms with E-state index in [1.165, 1.54) is 0 Å². The van der Waals surface area contributed by atoms with Gasteiger partial charge in [0.2, 0.25) is 0 Å². The summed E-state index contributed by atoms with van der Waals surface area (Å²) >= 11 is 0. The average molecular weight is 284 g/mol. The minimum absolute atomic E-state index is 0.159. The molecule has 0 aromatic rings. The van der Waals surface area contributed by atoms with E-state index in [-0.39, 0.29) is 12.1 Å². The number of hydrogen-bond donors (Lipinski definition) is 2. The van der Waals surface area contributed by atoms with E-state index in [0.29, 0.717) is 24.8 Å². The van der Waals surface area contributed by atoms with Crippen LogP contribution in [0.5, 0.6) is 0 Å². The molecular formula is C15H28N2O3. The van der Waals surface area contributed by atoms with E-state index in [9.17, 15) is 14.7 Å². The molecule has 1 heterocycles. The lowest BCUT2D eigenvalue weighted by atomic mass is 9.86. The highest BCUT2D eigenvalue weighted by atomic mass is 16.4. The number of likely N-dealkylation sites (tertiary alicyclic amines) is 1. The SMILES string of the molecule is CCCC[C@H](NC(=O)N1CC(C)CC(C)C1C)C(=O)O. The fourth-order valence-electron chi connectivity index (χ4n) is 2.88. The number of carboxylic acid groups (broad SMARTS) is 1. The molecule has 5 heteroatoms. The number of hydrogen-bond acceptors (Lipinski definition) is 2. The van der Waals surface area contributed by atoms with Gasteiger partial charge < -0.3 is 15.3 Å². The Morgan fingerprint density at radius 3 is 2.55 bits per heavy atom. The van der Waals surface area contributed by atoms with Gasteiger partial charge in [-0.1, -0.05) is 33.6 Å². The van der Waals surface area contributed by atoms with Gasteiger partial charge in [0, 0.05) is 12.6 Å². The van der Waals surface area contributed by atoms with E-state index in [0.717, 1.165) is 19.3 Å². The maximum atomic E-state index is 12.3. The van der Waals surface area contributed by atoms with E-state index in [4.69, 9.17) is 0 Å². The number of carboxylic acids is 1. The van der Waals surface area contributed by atoms with Gasteiger partial charge in [-0.3, -0.25) is 0 Å². The van der Waals surface area contributed by atoms with Crippen LogP contribution in [0.3, 0.4) is 0 Å². The van der Waals surface area contributed by atoms with Crippen LogP contribution in [-0.4, -0.2) is 40.6 Å². The molecule has 2 N–H and O–H groups in total. The summed E-state index contributed by atoms with van der Waals surface area (Å²) in [6, 6.07) is -0.853. The molecular weight excluding hydrogens is 256 g/mol. The van der Waals surface area contributed by atoms with E-state index >= 15 is 0 Å². The minimum Gasteiger partial charge on any atom is -0.480 e. The molecule has 0 aliphatic carbocycles. The third kappa shape index (κ3) is 4.39. The Hall–Kier alpha value is -1.26. The van der Waals surface area contributed by atoms with Crippen LogP contribution >= 0.6 is 0 Å². The largest absolute Gasteiger partial charge is 0.480 e. The summed E-state index contributed by atoms with van der Waals surface area (Å²) in [5.74, 6) is -0.0353. The van der Waals surface area contributed by atoms with Crippen LogP contribution in [-0.2, 0) is 4.79 Å². The lowest BCUT2D eigenvalue weighted by Gasteiger charge is -2.41. The second kappa shape index (κ2) is 7.50. The highest BCUT2D eigenvalue weighted by Crippen LogP contribution is 2.26. The van der Waals surface area contributed by atoms with Gasteiger partial charge in [0.15, 0.2) is 0 Å². The Morgan fingerprint density at radius 1 is 1.35 bits per heavy atom. The molecule has 1 fully saturated rings. The van der Waals surface area contributed by atoms with Crippen LogP contribution < -0.4 is 5.32 Å². The highest BCUT2D eigenvalue weighted by molar-refractivity contribution is 5.82. The smallest absolute Gasteiger partial charge is 0.326 e. The normalized spacial score (nSPS) is 28.0. The van der Waals surface area contributed by atoms with Crippen molar-refractivity contribution in [3.8, 4) is 0 Å². The van der Waals surface area contributed by atoms with Crippen molar-refractivity contribution in [2.75, 3.05) is 6.54 Å². The van der Waals surface area contributed by atoms with Gasteiger partial charge in [-0.25, -0.2) is 9.59 Å². The molecule has 4 atom stereocenters. The molecule has 1 saturated heterocycles. The third-order valence-corrected chi connectivity index (χ3v) is 4.30. The molecule has 0 bridgehead atoms. The molecule has 0 aromatic carbocycles. The zero-order valence-electron chi connectivity index (χ0n) is 13.1. The average Bonchev–Trinajstić information content (AvgIpc) is 2.38. The second-order valence-corrected chi connectivity index (χ2v) is 6.19. The molecule has 116 valence electrons. The van der Waals surface area contributed by atoms with Gasteiger partial charge in [0.25, 0.3) is 0 Å². The Kier molecular flexibility index (Phi) is 6.30. The van der Waals surface area contributed by atoms with Gasteiger partial charge in [-0.15, -0.1) is 0 Å². The van der Waals surface area contributed by atoms with E-state index in [1.807, 2.05) is 13.8 Å². The predicted molar refractivity (Wildman–Crippen MR) is 78.6 cm³/mol. The van der Waals surface area contributed by atoms with Crippen molar-refractivity contribution in [1.29, 1.82) is 0 Å². The molecule has 0 spiro atoms. The van der Waals surface area contributed by atoms with Crippen LogP contribution in [0.2, 0.25) is 0 Å². The van der Waals surface area contributed by atoms with Crippen LogP contribution in [0.1, 0.15) is 53.4 Å². The first-order valence-corrected chi connectivity index (χ1v) is 7.66. The zero-order valence-corrected chi connectivity index (χ0v) is 13.1. The van der Waals surface area contributed by atoms with Crippen molar-refractivity contribution in [2.45, 2.75) is 65.5 Å². The van der Waals surface area contributed by atoms with Crippen molar-refractivity contribution in [3.05, 3.63) is 0 Å². The topological polar surface area (TPSA) is 69.6 Å². The van der Waals surface area contributed by atoms with Crippen LogP contribution in [0.15, 0.2) is 0 Å².